The van der Waals surface area contributed by atoms with Crippen LogP contribution in [-0.2, 0) is 11.2 Å². The molecule has 6 rings (SSSR count). The van der Waals surface area contributed by atoms with Gasteiger partial charge in [0.1, 0.15) is 28.7 Å². The normalized spacial score (nSPS) is 12.1. The van der Waals surface area contributed by atoms with E-state index in [-0.39, 0.29) is 16.8 Å². The molecule has 6 aromatic rings. The molecular weight excluding hydrogens is 603 g/mol. The summed E-state index contributed by atoms with van der Waals surface area (Å²) in [6.45, 7) is 0. The van der Waals surface area contributed by atoms with Crippen molar-refractivity contribution in [3.8, 4) is 22.7 Å². The van der Waals surface area contributed by atoms with Crippen molar-refractivity contribution in [2.45, 2.75) is 18.9 Å². The number of aromatic nitrogens is 7. The smallest absolute Gasteiger partial charge is 0.252 e. The van der Waals surface area contributed by atoms with Crippen molar-refractivity contribution in [3.05, 3.63) is 123 Å². The molecule has 3 heterocycles. The summed E-state index contributed by atoms with van der Waals surface area (Å²) in [5, 5.41) is 25.9. The first-order valence-corrected chi connectivity index (χ1v) is 14.3. The van der Waals surface area contributed by atoms with E-state index in [1.165, 1.54) is 17.1 Å². The predicted molar refractivity (Wildman–Crippen MR) is 168 cm³/mol. The molecule has 220 valence electrons. The van der Waals surface area contributed by atoms with Gasteiger partial charge in [0, 0.05) is 33.7 Å². The number of aromatic amines is 2. The Bertz CT molecular complexity index is 2040. The van der Waals surface area contributed by atoms with Crippen LogP contribution in [0.4, 0.5) is 0 Å². The van der Waals surface area contributed by atoms with Crippen LogP contribution >= 0.6 is 23.2 Å². The van der Waals surface area contributed by atoms with E-state index < -0.39 is 11.6 Å². The van der Waals surface area contributed by atoms with Crippen LogP contribution < -0.4 is 10.9 Å². The highest BCUT2D eigenvalue weighted by molar-refractivity contribution is 6.32. The molecule has 11 nitrogen and oxygen atoms in total. The number of carbonyl (C=O) groups is 1. The molecule has 0 fully saturated rings. The lowest BCUT2D eigenvalue weighted by molar-refractivity contribution is -0.117. The van der Waals surface area contributed by atoms with Gasteiger partial charge < -0.3 is 20.4 Å². The SMILES string of the molecule is O=C(/C=C/c1cc(Cl)ccc1-n1cnnn1)N[C@@H](CCc1ccccc1)c1nc(-c2ccc3[nH]c(=O)cc(O)c3c2)c(Cl)[nH]1. The molecule has 0 spiro atoms. The highest BCUT2D eigenvalue weighted by atomic mass is 35.5. The third-order valence-corrected chi connectivity index (χ3v) is 7.49. The van der Waals surface area contributed by atoms with Crippen molar-refractivity contribution in [2.24, 2.45) is 0 Å². The number of H-pyrrole nitrogens is 2. The fraction of sp³-hybridized carbons (Fsp3) is 0.0968. The highest BCUT2D eigenvalue weighted by Gasteiger charge is 2.21. The van der Waals surface area contributed by atoms with Gasteiger partial charge in [-0.2, -0.15) is 4.68 Å². The van der Waals surface area contributed by atoms with E-state index in [9.17, 15) is 14.7 Å². The van der Waals surface area contributed by atoms with Gasteiger partial charge in [-0.05, 0) is 65.2 Å². The van der Waals surface area contributed by atoms with Gasteiger partial charge in [0.15, 0.2) is 0 Å². The molecule has 0 aliphatic carbocycles. The monoisotopic (exact) mass is 626 g/mol. The Hall–Kier alpha value is -5.26. The molecule has 0 aliphatic rings. The van der Waals surface area contributed by atoms with Gasteiger partial charge in [0.2, 0.25) is 5.91 Å². The number of imidazole rings is 1. The lowest BCUT2D eigenvalue weighted by atomic mass is 10.0. The molecule has 0 bridgehead atoms. The largest absolute Gasteiger partial charge is 0.507 e. The number of aromatic hydroxyl groups is 1. The molecule has 3 aromatic carbocycles. The number of nitrogens with one attached hydrogen (secondary N) is 3. The summed E-state index contributed by atoms with van der Waals surface area (Å²) < 4.78 is 1.48. The molecule has 44 heavy (non-hydrogen) atoms. The number of benzene rings is 3. The zero-order chi connectivity index (χ0) is 30.6. The maximum Gasteiger partial charge on any atom is 0.252 e. The van der Waals surface area contributed by atoms with E-state index in [4.69, 9.17) is 28.2 Å². The van der Waals surface area contributed by atoms with Gasteiger partial charge in [-0.1, -0.05) is 59.6 Å². The Morgan fingerprint density at radius 3 is 2.68 bits per heavy atom. The first-order chi connectivity index (χ1) is 21.3. The number of hydrogen-bond acceptors (Lipinski definition) is 7. The molecule has 4 N–H and O–H groups in total. The fourth-order valence-corrected chi connectivity index (χ4v) is 5.29. The van der Waals surface area contributed by atoms with Crippen LogP contribution in [0, 0.1) is 0 Å². The van der Waals surface area contributed by atoms with Crippen LogP contribution in [0.3, 0.4) is 0 Å². The van der Waals surface area contributed by atoms with Crippen molar-refractivity contribution >= 4 is 46.1 Å². The molecule has 0 saturated carbocycles. The summed E-state index contributed by atoms with van der Waals surface area (Å²) in [6.07, 6.45) is 5.69. The number of pyridine rings is 1. The molecule has 0 saturated heterocycles. The number of rotatable bonds is 9. The van der Waals surface area contributed by atoms with Crippen molar-refractivity contribution in [3.63, 3.8) is 0 Å². The van der Waals surface area contributed by atoms with Gasteiger partial charge in [0.05, 0.1) is 17.2 Å². The lowest BCUT2D eigenvalue weighted by Gasteiger charge is -2.16. The summed E-state index contributed by atoms with van der Waals surface area (Å²) in [4.78, 5) is 35.6. The standard InChI is InChI=1S/C31H24Cl2N8O3/c32-21-9-12-25(41-17-34-39-40-41)19(14-21)8-13-27(43)36-24(10-6-18-4-2-1-3-5-18)31-37-29(30(33)38-31)20-7-11-23-22(15-20)26(42)16-28(44)35-23/h1-5,7-9,11-17,24H,6,10H2,(H,36,43)(H,37,38)(H2,35,42,44)/b13-8+/t24-/m0/s1. The second-order valence-corrected chi connectivity index (χ2v) is 10.8. The van der Waals surface area contributed by atoms with Gasteiger partial charge in [-0.15, -0.1) is 5.10 Å². The van der Waals surface area contributed by atoms with Gasteiger partial charge in [0.25, 0.3) is 5.56 Å². The average molecular weight is 627 g/mol. The van der Waals surface area contributed by atoms with Crippen LogP contribution in [0.2, 0.25) is 10.2 Å². The maximum absolute atomic E-state index is 13.3. The summed E-state index contributed by atoms with van der Waals surface area (Å²) >= 11 is 12.8. The number of nitrogens with zero attached hydrogens (tertiary/aromatic N) is 5. The second kappa shape index (κ2) is 12.5. The van der Waals surface area contributed by atoms with Crippen molar-refractivity contribution in [1.82, 2.24) is 40.5 Å². The topological polar surface area (TPSA) is 154 Å². The summed E-state index contributed by atoms with van der Waals surface area (Å²) in [5.41, 5.74) is 3.53. The Balaban J connectivity index is 1.29. The van der Waals surface area contributed by atoms with E-state index in [1.54, 1.807) is 42.5 Å². The molecule has 1 amide bonds. The third-order valence-electron chi connectivity index (χ3n) is 6.98. The number of tetrazole rings is 1. The van der Waals surface area contributed by atoms with E-state index in [1.807, 2.05) is 30.3 Å². The molecule has 1 atom stereocenters. The summed E-state index contributed by atoms with van der Waals surface area (Å²) in [7, 11) is 0. The summed E-state index contributed by atoms with van der Waals surface area (Å²) in [5.74, 6) is -0.0508. The van der Waals surface area contributed by atoms with Crippen LogP contribution in [-0.4, -0.2) is 46.2 Å². The number of hydrogen-bond donors (Lipinski definition) is 4. The zero-order valence-electron chi connectivity index (χ0n) is 22.9. The van der Waals surface area contributed by atoms with E-state index >= 15 is 0 Å². The fourth-order valence-electron chi connectivity index (χ4n) is 4.87. The van der Waals surface area contributed by atoms with Gasteiger partial charge in [-0.3, -0.25) is 9.59 Å². The minimum absolute atomic E-state index is 0.153. The lowest BCUT2D eigenvalue weighted by Crippen LogP contribution is -2.28. The number of halogens is 2. The Morgan fingerprint density at radius 1 is 1.05 bits per heavy atom. The zero-order valence-corrected chi connectivity index (χ0v) is 24.4. The Labute approximate surface area is 260 Å². The molecule has 13 heteroatoms. The van der Waals surface area contributed by atoms with Crippen molar-refractivity contribution in [1.29, 1.82) is 0 Å². The third kappa shape index (κ3) is 6.38. The quantitative estimate of drug-likeness (QED) is 0.156. The van der Waals surface area contributed by atoms with Crippen molar-refractivity contribution < 1.29 is 9.90 Å². The molecule has 0 aliphatic heterocycles. The highest BCUT2D eigenvalue weighted by Crippen LogP contribution is 2.32. The first kappa shape index (κ1) is 28.8. The number of carbonyl (C=O) groups excluding carboxylic acids is 1. The molecule has 0 radical (unpaired) electrons. The van der Waals surface area contributed by atoms with Crippen LogP contribution in [0.15, 0.2) is 90.0 Å². The molecule has 3 aromatic heterocycles. The number of aryl methyl sites for hydroxylation is 1. The number of amides is 1. The number of fused-ring (bicyclic) bond motifs is 1. The van der Waals surface area contributed by atoms with Crippen LogP contribution in [0.1, 0.15) is 29.4 Å². The average Bonchev–Trinajstić information content (AvgIpc) is 3.69. The van der Waals surface area contributed by atoms with E-state index in [0.29, 0.717) is 57.1 Å². The van der Waals surface area contributed by atoms with E-state index in [2.05, 4.69) is 30.8 Å². The maximum atomic E-state index is 13.3. The Kier molecular flexibility index (Phi) is 8.22. The van der Waals surface area contributed by atoms with Gasteiger partial charge >= 0.3 is 0 Å². The van der Waals surface area contributed by atoms with E-state index in [0.717, 1.165) is 11.6 Å². The van der Waals surface area contributed by atoms with Gasteiger partial charge in [-0.25, -0.2) is 4.98 Å². The minimum atomic E-state index is -0.526. The molecule has 0 unspecified atom stereocenters. The Morgan fingerprint density at radius 2 is 1.89 bits per heavy atom. The van der Waals surface area contributed by atoms with Crippen molar-refractivity contribution in [2.75, 3.05) is 0 Å². The minimum Gasteiger partial charge on any atom is -0.507 e. The van der Waals surface area contributed by atoms with Crippen LogP contribution in [0.5, 0.6) is 5.75 Å². The molecular formula is C31H24Cl2N8O3. The summed E-state index contributed by atoms with van der Waals surface area (Å²) in [6, 6.07) is 20.8. The van der Waals surface area contributed by atoms with Crippen LogP contribution in [0.25, 0.3) is 33.9 Å². The first-order valence-electron chi connectivity index (χ1n) is 13.5. The predicted octanol–water partition coefficient (Wildman–Crippen LogP) is 5.41. The second-order valence-electron chi connectivity index (χ2n) is 9.94.